The lowest BCUT2D eigenvalue weighted by Gasteiger charge is -2.15. The van der Waals surface area contributed by atoms with Crippen LogP contribution >= 0.6 is 12.6 Å². The second kappa shape index (κ2) is 4.45. The van der Waals surface area contributed by atoms with E-state index in [2.05, 4.69) is 12.6 Å². The summed E-state index contributed by atoms with van der Waals surface area (Å²) in [6, 6.07) is 0. The van der Waals surface area contributed by atoms with E-state index in [1.807, 2.05) is 0 Å². The van der Waals surface area contributed by atoms with E-state index in [0.29, 0.717) is 0 Å². The summed E-state index contributed by atoms with van der Waals surface area (Å²) in [6.45, 7) is 0. The number of rotatable bonds is 4. The van der Waals surface area contributed by atoms with E-state index in [0.717, 1.165) is 0 Å². The van der Waals surface area contributed by atoms with Crippen molar-refractivity contribution in [3.63, 3.8) is 0 Å². The van der Waals surface area contributed by atoms with Gasteiger partial charge in [0.1, 0.15) is 12.2 Å². The summed E-state index contributed by atoms with van der Waals surface area (Å²) < 4.78 is 0. The molecule has 0 unspecified atom stereocenters. The zero-order chi connectivity index (χ0) is 9.02. The molecule has 0 fully saturated rings. The third-order valence-electron chi connectivity index (χ3n) is 1.07. The Hall–Kier alpha value is -0.430. The van der Waals surface area contributed by atoms with E-state index in [1.165, 1.54) is 0 Å². The molecule has 0 saturated carbocycles. The van der Waals surface area contributed by atoms with E-state index in [4.69, 9.17) is 15.3 Å². The maximum absolute atomic E-state index is 10.2. The first-order valence-electron chi connectivity index (χ1n) is 2.73. The van der Waals surface area contributed by atoms with Crippen LogP contribution in [0, 0.1) is 0 Å². The molecule has 3 N–H and O–H groups in total. The molecular formula is C5H8O5S. The molecule has 3 atom stereocenters. The van der Waals surface area contributed by atoms with Gasteiger partial charge in [-0.15, -0.1) is 12.6 Å². The minimum absolute atomic E-state index is 0.0185. The Kier molecular flexibility index (Phi) is 4.27. The largest absolute Gasteiger partial charge is 0.387 e. The number of aliphatic hydroxyl groups excluding tert-OH is 3. The van der Waals surface area contributed by atoms with Gasteiger partial charge in [-0.25, -0.2) is 0 Å². The van der Waals surface area contributed by atoms with Gasteiger partial charge in [-0.05, 0) is 0 Å². The van der Waals surface area contributed by atoms with Crippen LogP contribution in [-0.4, -0.2) is 45.0 Å². The molecule has 0 aromatic heterocycles. The summed E-state index contributed by atoms with van der Waals surface area (Å²) in [4.78, 5) is 20.0. The zero-order valence-electron chi connectivity index (χ0n) is 5.41. The summed E-state index contributed by atoms with van der Waals surface area (Å²) >= 11 is 3.19. The molecule has 0 aliphatic rings. The van der Waals surface area contributed by atoms with Gasteiger partial charge >= 0.3 is 0 Å². The fourth-order valence-electron chi connectivity index (χ4n) is 0.413. The van der Waals surface area contributed by atoms with E-state index >= 15 is 0 Å². The van der Waals surface area contributed by atoms with Gasteiger partial charge in [0.2, 0.25) is 5.12 Å². The van der Waals surface area contributed by atoms with Gasteiger partial charge in [0.25, 0.3) is 0 Å². The minimum atomic E-state index is -1.83. The predicted molar refractivity (Wildman–Crippen MR) is 38.1 cm³/mol. The van der Waals surface area contributed by atoms with Crippen molar-refractivity contribution in [2.24, 2.45) is 0 Å². The number of aliphatic hydroxyl groups is 3. The van der Waals surface area contributed by atoms with Gasteiger partial charge in [-0.3, -0.25) is 4.79 Å². The van der Waals surface area contributed by atoms with Crippen molar-refractivity contribution >= 4 is 24.0 Å². The van der Waals surface area contributed by atoms with Crippen LogP contribution in [0.25, 0.3) is 0 Å². The first-order chi connectivity index (χ1) is 5.00. The Morgan fingerprint density at radius 2 is 1.82 bits per heavy atom. The summed E-state index contributed by atoms with van der Waals surface area (Å²) in [6.07, 6.45) is -5.39. The SMILES string of the molecule is O=C[C@@H](O)[C@@H](O)[C@H](O)C(=O)S. The van der Waals surface area contributed by atoms with E-state index in [9.17, 15) is 9.59 Å². The van der Waals surface area contributed by atoms with Crippen molar-refractivity contribution in [2.75, 3.05) is 0 Å². The van der Waals surface area contributed by atoms with Crippen LogP contribution in [0.3, 0.4) is 0 Å². The molecule has 0 rings (SSSR count). The Morgan fingerprint density at radius 1 is 1.36 bits per heavy atom. The number of carbonyl (C=O) groups excluding carboxylic acids is 2. The Bertz CT molecular complexity index is 159. The van der Waals surface area contributed by atoms with Crippen molar-refractivity contribution in [2.45, 2.75) is 18.3 Å². The fraction of sp³-hybridized carbons (Fsp3) is 0.600. The van der Waals surface area contributed by atoms with Crippen LogP contribution in [0.4, 0.5) is 0 Å². The third-order valence-corrected chi connectivity index (χ3v) is 1.33. The van der Waals surface area contributed by atoms with Crippen LogP contribution in [0.5, 0.6) is 0 Å². The number of aldehydes is 1. The topological polar surface area (TPSA) is 94.8 Å². The quantitative estimate of drug-likeness (QED) is 0.289. The summed E-state index contributed by atoms with van der Waals surface area (Å²) in [5.41, 5.74) is 0. The van der Waals surface area contributed by atoms with Gasteiger partial charge in [0.15, 0.2) is 12.4 Å². The zero-order valence-corrected chi connectivity index (χ0v) is 6.31. The maximum Gasteiger partial charge on any atom is 0.217 e. The van der Waals surface area contributed by atoms with Crippen LogP contribution in [0.1, 0.15) is 0 Å². The number of hydrogen-bond donors (Lipinski definition) is 4. The Balaban J connectivity index is 4.11. The lowest BCUT2D eigenvalue weighted by Crippen LogP contribution is -2.41. The molecule has 64 valence electrons. The first-order valence-corrected chi connectivity index (χ1v) is 3.17. The van der Waals surface area contributed by atoms with Gasteiger partial charge in [-0.2, -0.15) is 0 Å². The predicted octanol–water partition coefficient (Wildman–Crippen LogP) is -2.28. The third kappa shape index (κ3) is 2.98. The molecule has 0 heterocycles. The molecule has 0 aromatic carbocycles. The Labute approximate surface area is 68.1 Å². The molecule has 0 saturated heterocycles. The monoisotopic (exact) mass is 180 g/mol. The fourth-order valence-corrected chi connectivity index (χ4v) is 0.566. The average Bonchev–Trinajstić information content (AvgIpc) is 2.00. The lowest BCUT2D eigenvalue weighted by molar-refractivity contribution is -0.135. The van der Waals surface area contributed by atoms with Crippen molar-refractivity contribution < 1.29 is 24.9 Å². The van der Waals surface area contributed by atoms with Crippen molar-refractivity contribution in [1.29, 1.82) is 0 Å². The van der Waals surface area contributed by atoms with Crippen LogP contribution in [0.15, 0.2) is 0 Å². The highest BCUT2D eigenvalue weighted by molar-refractivity contribution is 7.96. The lowest BCUT2D eigenvalue weighted by atomic mass is 10.1. The molecule has 0 bridgehead atoms. The summed E-state index contributed by atoms with van der Waals surface area (Å²) in [7, 11) is 0. The van der Waals surface area contributed by atoms with Crippen molar-refractivity contribution in [3.05, 3.63) is 0 Å². The van der Waals surface area contributed by atoms with Gasteiger partial charge in [0.05, 0.1) is 0 Å². The maximum atomic E-state index is 10.2. The van der Waals surface area contributed by atoms with Crippen LogP contribution in [0.2, 0.25) is 0 Å². The Morgan fingerprint density at radius 3 is 2.09 bits per heavy atom. The average molecular weight is 180 g/mol. The number of hydrogen-bond acceptors (Lipinski definition) is 5. The standard InChI is InChI=1S/C5H8O5S/c6-1-2(7)3(8)4(9)5(10)11/h1-4,7-9H,(H,10,11)/t2-,3-,4+/m1/s1. The smallest absolute Gasteiger partial charge is 0.217 e. The highest BCUT2D eigenvalue weighted by atomic mass is 32.1. The molecule has 0 aromatic rings. The molecular weight excluding hydrogens is 172 g/mol. The second-order valence-electron chi connectivity index (χ2n) is 1.90. The second-order valence-corrected chi connectivity index (χ2v) is 2.34. The number of carbonyl (C=O) groups is 2. The molecule has 11 heavy (non-hydrogen) atoms. The highest BCUT2D eigenvalue weighted by Crippen LogP contribution is 2.01. The molecule has 6 heteroatoms. The normalized spacial score (nSPS) is 18.5. The molecule has 0 spiro atoms. The van der Waals surface area contributed by atoms with Crippen molar-refractivity contribution in [3.8, 4) is 0 Å². The summed E-state index contributed by atoms with van der Waals surface area (Å²) in [5.74, 6) is 0. The van der Waals surface area contributed by atoms with E-state index < -0.39 is 23.4 Å². The van der Waals surface area contributed by atoms with E-state index in [-0.39, 0.29) is 6.29 Å². The number of thiol groups is 1. The molecule has 5 nitrogen and oxygen atoms in total. The highest BCUT2D eigenvalue weighted by Gasteiger charge is 2.27. The minimum Gasteiger partial charge on any atom is -0.387 e. The first kappa shape index (κ1) is 10.6. The van der Waals surface area contributed by atoms with Gasteiger partial charge in [-0.1, -0.05) is 0 Å². The van der Waals surface area contributed by atoms with Crippen molar-refractivity contribution in [1.82, 2.24) is 0 Å². The molecule has 0 radical (unpaired) electrons. The van der Waals surface area contributed by atoms with Gasteiger partial charge in [0, 0.05) is 0 Å². The molecule has 0 aliphatic carbocycles. The summed E-state index contributed by atoms with van der Waals surface area (Å²) in [5, 5.41) is 25.0. The van der Waals surface area contributed by atoms with Crippen LogP contribution < -0.4 is 0 Å². The molecule has 0 aliphatic heterocycles. The van der Waals surface area contributed by atoms with E-state index in [1.54, 1.807) is 0 Å². The molecule has 0 amide bonds. The van der Waals surface area contributed by atoms with Crippen LogP contribution in [-0.2, 0) is 9.59 Å². The van der Waals surface area contributed by atoms with Gasteiger partial charge < -0.3 is 20.1 Å².